The molecule has 1 saturated carbocycles. The molecule has 0 spiro atoms. The second-order valence-electron chi connectivity index (χ2n) is 5.77. The van der Waals surface area contributed by atoms with Crippen molar-refractivity contribution in [1.82, 2.24) is 0 Å². The van der Waals surface area contributed by atoms with Gasteiger partial charge in [-0.25, -0.2) is 4.39 Å². The third kappa shape index (κ3) is 3.02. The first kappa shape index (κ1) is 13.9. The number of benzene rings is 2. The summed E-state index contributed by atoms with van der Waals surface area (Å²) in [5.41, 5.74) is 3.35. The van der Waals surface area contributed by atoms with Gasteiger partial charge in [0.1, 0.15) is 11.6 Å². The van der Waals surface area contributed by atoms with Crippen molar-refractivity contribution < 1.29 is 9.13 Å². The van der Waals surface area contributed by atoms with Crippen molar-refractivity contribution in [2.45, 2.75) is 31.7 Å². The first-order valence-electron chi connectivity index (χ1n) is 7.32. The van der Waals surface area contributed by atoms with E-state index >= 15 is 0 Å². The Morgan fingerprint density at radius 3 is 2.67 bits per heavy atom. The molecule has 1 N–H and O–H groups in total. The summed E-state index contributed by atoms with van der Waals surface area (Å²) in [7, 11) is 1.69. The van der Waals surface area contributed by atoms with Crippen LogP contribution in [0.4, 0.5) is 10.1 Å². The highest BCUT2D eigenvalue weighted by Crippen LogP contribution is 2.40. The summed E-state index contributed by atoms with van der Waals surface area (Å²) in [5.74, 6) is 1.17. The number of halogens is 1. The minimum Gasteiger partial charge on any atom is -0.495 e. The van der Waals surface area contributed by atoms with E-state index in [2.05, 4.69) is 18.3 Å². The lowest BCUT2D eigenvalue weighted by Crippen LogP contribution is -2.34. The first-order chi connectivity index (χ1) is 10.2. The highest BCUT2D eigenvalue weighted by atomic mass is 19.1. The lowest BCUT2D eigenvalue weighted by Gasteiger charge is -2.37. The summed E-state index contributed by atoms with van der Waals surface area (Å²) in [6.07, 6.45) is 2.06. The molecule has 0 bridgehead atoms. The number of hydrogen-bond acceptors (Lipinski definition) is 2. The summed E-state index contributed by atoms with van der Waals surface area (Å²) in [5, 5.41) is 3.53. The number of methoxy groups -OCH3 is 1. The van der Waals surface area contributed by atoms with Crippen molar-refractivity contribution >= 4 is 5.69 Å². The molecule has 0 amide bonds. The van der Waals surface area contributed by atoms with Crippen LogP contribution in [0.15, 0.2) is 42.5 Å². The highest BCUT2D eigenvalue weighted by Gasteiger charge is 2.30. The molecule has 0 saturated heterocycles. The van der Waals surface area contributed by atoms with E-state index in [1.165, 1.54) is 11.6 Å². The monoisotopic (exact) mass is 285 g/mol. The average Bonchev–Trinajstić information content (AvgIpc) is 2.42. The predicted molar refractivity (Wildman–Crippen MR) is 83.5 cm³/mol. The smallest absolute Gasteiger partial charge is 0.141 e. The van der Waals surface area contributed by atoms with Gasteiger partial charge in [0.15, 0.2) is 0 Å². The molecule has 2 aromatic rings. The molecule has 0 unspecified atom stereocenters. The Labute approximate surface area is 125 Å². The maximum atomic E-state index is 13.2. The number of nitrogens with one attached hydrogen (secondary N) is 1. The predicted octanol–water partition coefficient (Wildman–Crippen LogP) is 4.50. The molecule has 2 aromatic carbocycles. The topological polar surface area (TPSA) is 21.3 Å². The van der Waals surface area contributed by atoms with Gasteiger partial charge in [0.2, 0.25) is 0 Å². The molecule has 0 radical (unpaired) electrons. The number of ether oxygens (including phenoxy) is 1. The van der Waals surface area contributed by atoms with Gasteiger partial charge in [-0.2, -0.15) is 0 Å². The molecular formula is C18H20FNO. The molecule has 1 fully saturated rings. The van der Waals surface area contributed by atoms with Gasteiger partial charge in [-0.15, -0.1) is 0 Å². The van der Waals surface area contributed by atoms with Gasteiger partial charge in [-0.05, 0) is 61.1 Å². The Morgan fingerprint density at radius 1 is 1.14 bits per heavy atom. The fourth-order valence-corrected chi connectivity index (χ4v) is 2.92. The molecule has 21 heavy (non-hydrogen) atoms. The minimum atomic E-state index is -0.149. The van der Waals surface area contributed by atoms with Crippen LogP contribution in [-0.2, 0) is 0 Å². The fraction of sp³-hybridized carbons (Fsp3) is 0.333. The largest absolute Gasteiger partial charge is 0.495 e. The van der Waals surface area contributed by atoms with Crippen molar-refractivity contribution in [2.75, 3.05) is 12.4 Å². The number of hydrogen-bond donors (Lipinski definition) is 1. The zero-order valence-electron chi connectivity index (χ0n) is 12.4. The molecule has 0 aliphatic heterocycles. The lowest BCUT2D eigenvalue weighted by atomic mass is 9.76. The molecule has 3 heteroatoms. The Kier molecular flexibility index (Phi) is 3.82. The standard InChI is InChI=1S/C18H20FNO/c1-12-6-7-18(21-2)17(8-12)20-16-10-14(11-16)13-4-3-5-15(19)9-13/h3-9,14,16,20H,10-11H2,1-2H3. The zero-order chi connectivity index (χ0) is 14.8. The summed E-state index contributed by atoms with van der Waals surface area (Å²) in [6, 6.07) is 13.5. The van der Waals surface area contributed by atoms with Gasteiger partial charge in [0.05, 0.1) is 12.8 Å². The van der Waals surface area contributed by atoms with Gasteiger partial charge in [0, 0.05) is 6.04 Å². The molecule has 0 atom stereocenters. The van der Waals surface area contributed by atoms with E-state index in [0.717, 1.165) is 29.8 Å². The van der Waals surface area contributed by atoms with Crippen LogP contribution in [0.5, 0.6) is 5.75 Å². The van der Waals surface area contributed by atoms with E-state index < -0.39 is 0 Å². The van der Waals surface area contributed by atoms with Crippen molar-refractivity contribution in [2.24, 2.45) is 0 Å². The average molecular weight is 285 g/mol. The van der Waals surface area contributed by atoms with Gasteiger partial charge < -0.3 is 10.1 Å². The van der Waals surface area contributed by atoms with Crippen LogP contribution in [0, 0.1) is 12.7 Å². The van der Waals surface area contributed by atoms with Gasteiger partial charge in [-0.1, -0.05) is 18.2 Å². The number of anilines is 1. The Morgan fingerprint density at radius 2 is 1.95 bits per heavy atom. The summed E-state index contributed by atoms with van der Waals surface area (Å²) in [4.78, 5) is 0. The second kappa shape index (κ2) is 5.76. The maximum absolute atomic E-state index is 13.2. The van der Waals surface area contributed by atoms with E-state index in [0.29, 0.717) is 12.0 Å². The molecule has 1 aliphatic rings. The van der Waals surface area contributed by atoms with Gasteiger partial charge in [-0.3, -0.25) is 0 Å². The number of rotatable bonds is 4. The van der Waals surface area contributed by atoms with Crippen LogP contribution in [0.3, 0.4) is 0 Å². The molecule has 0 aromatic heterocycles. The van der Waals surface area contributed by atoms with Crippen molar-refractivity contribution in [3.63, 3.8) is 0 Å². The zero-order valence-corrected chi connectivity index (χ0v) is 12.4. The highest BCUT2D eigenvalue weighted by molar-refractivity contribution is 5.59. The summed E-state index contributed by atoms with van der Waals surface area (Å²) < 4.78 is 18.6. The van der Waals surface area contributed by atoms with E-state index in [9.17, 15) is 4.39 Å². The van der Waals surface area contributed by atoms with E-state index in [4.69, 9.17) is 4.74 Å². The molecular weight excluding hydrogens is 265 g/mol. The van der Waals surface area contributed by atoms with E-state index in [-0.39, 0.29) is 5.82 Å². The van der Waals surface area contributed by atoms with E-state index in [1.807, 2.05) is 18.2 Å². The number of aryl methyl sites for hydroxylation is 1. The Balaban J connectivity index is 1.64. The minimum absolute atomic E-state index is 0.149. The molecule has 0 heterocycles. The van der Waals surface area contributed by atoms with Crippen LogP contribution in [0.25, 0.3) is 0 Å². The van der Waals surface area contributed by atoms with Crippen LogP contribution in [0.2, 0.25) is 0 Å². The quantitative estimate of drug-likeness (QED) is 0.893. The van der Waals surface area contributed by atoms with Crippen molar-refractivity contribution in [3.05, 3.63) is 59.4 Å². The molecule has 110 valence electrons. The van der Waals surface area contributed by atoms with Crippen LogP contribution in [-0.4, -0.2) is 13.2 Å². The van der Waals surface area contributed by atoms with Gasteiger partial charge in [0.25, 0.3) is 0 Å². The van der Waals surface area contributed by atoms with Gasteiger partial charge >= 0.3 is 0 Å². The fourth-order valence-electron chi connectivity index (χ4n) is 2.92. The van der Waals surface area contributed by atoms with Crippen LogP contribution in [0.1, 0.15) is 29.9 Å². The molecule has 2 nitrogen and oxygen atoms in total. The summed E-state index contributed by atoms with van der Waals surface area (Å²) >= 11 is 0. The van der Waals surface area contributed by atoms with Crippen LogP contribution >= 0.6 is 0 Å². The SMILES string of the molecule is COc1ccc(C)cc1NC1CC(c2cccc(F)c2)C1. The van der Waals surface area contributed by atoms with Crippen molar-refractivity contribution in [3.8, 4) is 5.75 Å². The summed E-state index contributed by atoms with van der Waals surface area (Å²) in [6.45, 7) is 2.07. The maximum Gasteiger partial charge on any atom is 0.141 e. The van der Waals surface area contributed by atoms with Crippen molar-refractivity contribution in [1.29, 1.82) is 0 Å². The molecule has 1 aliphatic carbocycles. The third-order valence-electron chi connectivity index (χ3n) is 4.17. The lowest BCUT2D eigenvalue weighted by molar-refractivity contribution is 0.369. The normalized spacial score (nSPS) is 20.7. The van der Waals surface area contributed by atoms with Crippen LogP contribution < -0.4 is 10.1 Å². The second-order valence-corrected chi connectivity index (χ2v) is 5.77. The molecule has 3 rings (SSSR count). The van der Waals surface area contributed by atoms with E-state index in [1.54, 1.807) is 19.2 Å². The first-order valence-corrected chi connectivity index (χ1v) is 7.32. The Hall–Kier alpha value is -2.03. The Bertz CT molecular complexity index is 635. The third-order valence-corrected chi connectivity index (χ3v) is 4.17.